The van der Waals surface area contributed by atoms with Gasteiger partial charge in [0.15, 0.2) is 0 Å². The van der Waals surface area contributed by atoms with E-state index >= 15 is 0 Å². The smallest absolute Gasteiger partial charge is 0.225 e. The zero-order valence-electron chi connectivity index (χ0n) is 14.1. The van der Waals surface area contributed by atoms with Crippen LogP contribution in [0.2, 0.25) is 0 Å². The lowest BCUT2D eigenvalue weighted by Crippen LogP contribution is -2.06. The summed E-state index contributed by atoms with van der Waals surface area (Å²) in [5, 5.41) is 6.46. The molecule has 5 nitrogen and oxygen atoms in total. The van der Waals surface area contributed by atoms with Gasteiger partial charge in [0.1, 0.15) is 11.6 Å². The van der Waals surface area contributed by atoms with E-state index in [0.717, 1.165) is 22.7 Å². The predicted octanol–water partition coefficient (Wildman–Crippen LogP) is 4.49. The highest BCUT2D eigenvalue weighted by Crippen LogP contribution is 2.24. The number of methoxy groups -OCH3 is 1. The SMILES string of the molecule is C=CCNc1nc(Nc2ccc(OC)cc2)cc(-c2ccccc2)n1. The molecule has 0 radical (unpaired) electrons. The first-order chi connectivity index (χ1) is 12.3. The Morgan fingerprint density at radius 1 is 1.04 bits per heavy atom. The van der Waals surface area contributed by atoms with Gasteiger partial charge in [-0.2, -0.15) is 4.98 Å². The molecule has 0 spiro atoms. The molecule has 1 heterocycles. The van der Waals surface area contributed by atoms with Gasteiger partial charge < -0.3 is 15.4 Å². The average molecular weight is 332 g/mol. The molecule has 0 bridgehead atoms. The quantitative estimate of drug-likeness (QED) is 0.624. The summed E-state index contributed by atoms with van der Waals surface area (Å²) in [6.45, 7) is 4.31. The average Bonchev–Trinajstić information content (AvgIpc) is 2.67. The Kier molecular flexibility index (Phi) is 5.26. The van der Waals surface area contributed by atoms with Crippen molar-refractivity contribution in [1.82, 2.24) is 9.97 Å². The number of anilines is 3. The summed E-state index contributed by atoms with van der Waals surface area (Å²) in [5.74, 6) is 2.08. The Morgan fingerprint density at radius 3 is 2.48 bits per heavy atom. The largest absolute Gasteiger partial charge is 0.497 e. The van der Waals surface area contributed by atoms with E-state index in [4.69, 9.17) is 4.74 Å². The number of ether oxygens (including phenoxy) is 1. The molecule has 0 aliphatic carbocycles. The van der Waals surface area contributed by atoms with Crippen molar-refractivity contribution in [2.45, 2.75) is 0 Å². The number of rotatable bonds is 7. The van der Waals surface area contributed by atoms with Crippen LogP contribution in [0.5, 0.6) is 5.75 Å². The standard InChI is InChI=1S/C20H20N4O/c1-3-13-21-20-23-18(15-7-5-4-6-8-15)14-19(24-20)22-16-9-11-17(25-2)12-10-16/h3-12,14H,1,13H2,2H3,(H2,21,22,23,24). The molecule has 0 amide bonds. The minimum atomic E-state index is 0.553. The maximum absolute atomic E-state index is 5.19. The second-order valence-corrected chi connectivity index (χ2v) is 5.35. The minimum Gasteiger partial charge on any atom is -0.497 e. The highest BCUT2D eigenvalue weighted by molar-refractivity contribution is 5.67. The van der Waals surface area contributed by atoms with Gasteiger partial charge in [-0.15, -0.1) is 6.58 Å². The summed E-state index contributed by atoms with van der Waals surface area (Å²) < 4.78 is 5.19. The Morgan fingerprint density at radius 2 is 1.80 bits per heavy atom. The molecule has 0 atom stereocenters. The monoisotopic (exact) mass is 332 g/mol. The third-order valence-electron chi connectivity index (χ3n) is 3.56. The van der Waals surface area contributed by atoms with Crippen LogP contribution in [0, 0.1) is 0 Å². The lowest BCUT2D eigenvalue weighted by Gasteiger charge is -2.11. The first kappa shape index (κ1) is 16.5. The highest BCUT2D eigenvalue weighted by Gasteiger charge is 2.07. The van der Waals surface area contributed by atoms with Crippen molar-refractivity contribution >= 4 is 17.5 Å². The Hall–Kier alpha value is -3.34. The van der Waals surface area contributed by atoms with Crippen molar-refractivity contribution in [2.75, 3.05) is 24.3 Å². The zero-order chi connectivity index (χ0) is 17.5. The second-order valence-electron chi connectivity index (χ2n) is 5.35. The van der Waals surface area contributed by atoms with E-state index in [1.165, 1.54) is 0 Å². The first-order valence-electron chi connectivity index (χ1n) is 7.99. The summed E-state index contributed by atoms with van der Waals surface area (Å²) in [7, 11) is 1.65. The van der Waals surface area contributed by atoms with E-state index in [2.05, 4.69) is 27.2 Å². The Balaban J connectivity index is 1.92. The fraction of sp³-hybridized carbons (Fsp3) is 0.100. The van der Waals surface area contributed by atoms with Gasteiger partial charge in [0.25, 0.3) is 0 Å². The van der Waals surface area contributed by atoms with E-state index in [1.54, 1.807) is 13.2 Å². The Bertz CT molecular complexity index is 832. The zero-order valence-corrected chi connectivity index (χ0v) is 14.1. The topological polar surface area (TPSA) is 59.1 Å². The van der Waals surface area contributed by atoms with E-state index in [9.17, 15) is 0 Å². The highest BCUT2D eigenvalue weighted by atomic mass is 16.5. The van der Waals surface area contributed by atoms with E-state index in [0.29, 0.717) is 18.3 Å². The maximum atomic E-state index is 5.19. The molecular formula is C20H20N4O. The molecule has 25 heavy (non-hydrogen) atoms. The van der Waals surface area contributed by atoms with Crippen LogP contribution in [0.1, 0.15) is 0 Å². The van der Waals surface area contributed by atoms with Gasteiger partial charge in [0, 0.05) is 23.9 Å². The molecular weight excluding hydrogens is 312 g/mol. The second kappa shape index (κ2) is 7.97. The molecule has 0 saturated heterocycles. The van der Waals surface area contributed by atoms with Crippen molar-refractivity contribution in [3.05, 3.63) is 73.3 Å². The van der Waals surface area contributed by atoms with E-state index in [1.807, 2.05) is 60.7 Å². The fourth-order valence-electron chi connectivity index (χ4n) is 2.33. The predicted molar refractivity (Wildman–Crippen MR) is 102 cm³/mol. The van der Waals surface area contributed by atoms with Crippen LogP contribution in [0.4, 0.5) is 17.5 Å². The van der Waals surface area contributed by atoms with Crippen LogP contribution < -0.4 is 15.4 Å². The molecule has 0 aliphatic heterocycles. The molecule has 0 unspecified atom stereocenters. The van der Waals surface area contributed by atoms with Crippen LogP contribution in [0.25, 0.3) is 11.3 Å². The third-order valence-corrected chi connectivity index (χ3v) is 3.56. The van der Waals surface area contributed by atoms with Gasteiger partial charge in [-0.25, -0.2) is 4.98 Å². The summed E-state index contributed by atoms with van der Waals surface area (Å²) in [6, 6.07) is 19.6. The minimum absolute atomic E-state index is 0.553. The van der Waals surface area contributed by atoms with Gasteiger partial charge in [-0.05, 0) is 24.3 Å². The normalized spacial score (nSPS) is 10.1. The summed E-state index contributed by atoms with van der Waals surface area (Å²) in [4.78, 5) is 9.10. The molecule has 5 heteroatoms. The lowest BCUT2D eigenvalue weighted by atomic mass is 10.1. The van der Waals surface area contributed by atoms with Crippen LogP contribution in [0.3, 0.4) is 0 Å². The summed E-state index contributed by atoms with van der Waals surface area (Å²) >= 11 is 0. The molecule has 0 saturated carbocycles. The van der Waals surface area contributed by atoms with Crippen LogP contribution >= 0.6 is 0 Å². The number of nitrogens with zero attached hydrogens (tertiary/aromatic N) is 2. The summed E-state index contributed by atoms with van der Waals surface area (Å²) in [6.07, 6.45) is 1.77. The fourth-order valence-corrected chi connectivity index (χ4v) is 2.33. The van der Waals surface area contributed by atoms with Crippen molar-refractivity contribution in [3.63, 3.8) is 0 Å². The molecule has 2 aromatic carbocycles. The van der Waals surface area contributed by atoms with Crippen molar-refractivity contribution in [2.24, 2.45) is 0 Å². The van der Waals surface area contributed by atoms with Crippen LogP contribution in [0.15, 0.2) is 73.3 Å². The van der Waals surface area contributed by atoms with E-state index in [-0.39, 0.29) is 0 Å². The van der Waals surface area contributed by atoms with Gasteiger partial charge in [-0.3, -0.25) is 0 Å². The molecule has 2 N–H and O–H groups in total. The number of aromatic nitrogens is 2. The van der Waals surface area contributed by atoms with Crippen molar-refractivity contribution in [1.29, 1.82) is 0 Å². The third kappa shape index (κ3) is 4.35. The molecule has 126 valence electrons. The van der Waals surface area contributed by atoms with E-state index < -0.39 is 0 Å². The molecule has 3 rings (SSSR count). The maximum Gasteiger partial charge on any atom is 0.225 e. The van der Waals surface area contributed by atoms with Gasteiger partial charge in [0.05, 0.1) is 12.8 Å². The number of benzene rings is 2. The van der Waals surface area contributed by atoms with Crippen LogP contribution in [-0.4, -0.2) is 23.6 Å². The van der Waals surface area contributed by atoms with Gasteiger partial charge >= 0.3 is 0 Å². The summed E-state index contributed by atoms with van der Waals surface area (Å²) in [5.41, 5.74) is 2.80. The molecule has 0 fully saturated rings. The number of hydrogen-bond donors (Lipinski definition) is 2. The molecule has 1 aromatic heterocycles. The van der Waals surface area contributed by atoms with Gasteiger partial charge in [0.2, 0.25) is 5.95 Å². The number of hydrogen-bond acceptors (Lipinski definition) is 5. The first-order valence-corrected chi connectivity index (χ1v) is 7.99. The molecule has 3 aromatic rings. The lowest BCUT2D eigenvalue weighted by molar-refractivity contribution is 0.415. The van der Waals surface area contributed by atoms with Crippen molar-refractivity contribution in [3.8, 4) is 17.0 Å². The van der Waals surface area contributed by atoms with Gasteiger partial charge in [-0.1, -0.05) is 36.4 Å². The van der Waals surface area contributed by atoms with Crippen LogP contribution in [-0.2, 0) is 0 Å². The van der Waals surface area contributed by atoms with Crippen molar-refractivity contribution < 1.29 is 4.74 Å². The Labute approximate surface area is 147 Å². The molecule has 0 aliphatic rings. The number of nitrogens with one attached hydrogen (secondary N) is 2.